The van der Waals surface area contributed by atoms with E-state index in [9.17, 15) is 9.59 Å². The summed E-state index contributed by atoms with van der Waals surface area (Å²) in [5.41, 5.74) is 0.548. The smallest absolute Gasteiger partial charge is 0.323 e. The molecule has 0 spiro atoms. The fourth-order valence-corrected chi connectivity index (χ4v) is 1.94. The van der Waals surface area contributed by atoms with Gasteiger partial charge in [0.05, 0.1) is 0 Å². The largest absolute Gasteiger partial charge is 0.480 e. The average molecular weight is 281 g/mol. The van der Waals surface area contributed by atoms with Crippen molar-refractivity contribution in [3.05, 3.63) is 24.0 Å². The zero-order valence-corrected chi connectivity index (χ0v) is 12.4. The highest BCUT2D eigenvalue weighted by Crippen LogP contribution is 2.08. The number of aliphatic carboxylic acids is 1. The third-order valence-corrected chi connectivity index (χ3v) is 2.94. The molecule has 1 aromatic rings. The summed E-state index contributed by atoms with van der Waals surface area (Å²) in [4.78, 5) is 26.7. The lowest BCUT2D eigenvalue weighted by atomic mass is 10.3. The first-order valence-corrected chi connectivity index (χ1v) is 6.76. The Kier molecular flexibility index (Phi) is 6.24. The third kappa shape index (κ3) is 4.70. The number of amides is 1. The van der Waals surface area contributed by atoms with Crippen LogP contribution < -0.4 is 0 Å². The second-order valence-corrected chi connectivity index (χ2v) is 5.01. The molecule has 0 saturated carbocycles. The van der Waals surface area contributed by atoms with E-state index >= 15 is 0 Å². The normalized spacial score (nSPS) is 10.8. The minimum Gasteiger partial charge on any atom is -0.480 e. The van der Waals surface area contributed by atoms with Crippen LogP contribution in [0.1, 0.15) is 23.8 Å². The van der Waals surface area contributed by atoms with Crippen molar-refractivity contribution in [1.82, 2.24) is 14.4 Å². The van der Waals surface area contributed by atoms with Crippen LogP contribution >= 0.6 is 0 Å². The van der Waals surface area contributed by atoms with Crippen LogP contribution in [0.25, 0.3) is 0 Å². The molecular formula is C14H23N3O3. The fourth-order valence-electron chi connectivity index (χ4n) is 1.94. The summed E-state index contributed by atoms with van der Waals surface area (Å²) in [6, 6.07) is 3.55. The number of carboxylic acid groups (broad SMARTS) is 1. The molecule has 1 rings (SSSR count). The van der Waals surface area contributed by atoms with Gasteiger partial charge in [0, 0.05) is 25.8 Å². The first kappa shape index (κ1) is 16.2. The summed E-state index contributed by atoms with van der Waals surface area (Å²) < 4.78 is 1.87. The number of carbonyl (C=O) groups is 2. The van der Waals surface area contributed by atoms with E-state index in [-0.39, 0.29) is 12.5 Å². The van der Waals surface area contributed by atoms with Gasteiger partial charge in [-0.25, -0.2) is 0 Å². The number of rotatable bonds is 8. The molecule has 1 N–H and O–H groups in total. The van der Waals surface area contributed by atoms with Gasteiger partial charge in [0.1, 0.15) is 12.2 Å². The molecule has 0 bridgehead atoms. The van der Waals surface area contributed by atoms with Crippen LogP contribution in [-0.4, -0.2) is 65.1 Å². The maximum atomic E-state index is 12.5. The maximum Gasteiger partial charge on any atom is 0.323 e. The van der Waals surface area contributed by atoms with Gasteiger partial charge < -0.3 is 19.5 Å². The van der Waals surface area contributed by atoms with Gasteiger partial charge in [-0.05, 0) is 32.6 Å². The third-order valence-electron chi connectivity index (χ3n) is 2.94. The molecule has 1 amide bonds. The number of hydrogen-bond acceptors (Lipinski definition) is 3. The predicted octanol–water partition coefficient (Wildman–Crippen LogP) is 0.986. The quantitative estimate of drug-likeness (QED) is 0.771. The molecule has 0 saturated heterocycles. The van der Waals surface area contributed by atoms with Gasteiger partial charge >= 0.3 is 5.97 Å². The number of carbonyl (C=O) groups excluding carboxylic acids is 1. The second kappa shape index (κ2) is 7.69. The van der Waals surface area contributed by atoms with Crippen molar-refractivity contribution in [2.75, 3.05) is 33.7 Å². The van der Waals surface area contributed by atoms with Gasteiger partial charge in [0.15, 0.2) is 0 Å². The molecule has 20 heavy (non-hydrogen) atoms. The number of aromatic nitrogens is 1. The molecule has 0 aromatic carbocycles. The van der Waals surface area contributed by atoms with Crippen LogP contribution in [0.15, 0.2) is 18.3 Å². The van der Waals surface area contributed by atoms with Crippen LogP contribution in [0, 0.1) is 0 Å². The molecule has 0 atom stereocenters. The summed E-state index contributed by atoms with van der Waals surface area (Å²) >= 11 is 0. The van der Waals surface area contributed by atoms with Gasteiger partial charge in [-0.2, -0.15) is 0 Å². The van der Waals surface area contributed by atoms with E-state index < -0.39 is 5.97 Å². The monoisotopic (exact) mass is 281 g/mol. The first-order valence-electron chi connectivity index (χ1n) is 6.76. The molecule has 1 aromatic heterocycles. The Hall–Kier alpha value is -1.82. The van der Waals surface area contributed by atoms with Gasteiger partial charge in [-0.3, -0.25) is 9.59 Å². The number of hydrogen-bond donors (Lipinski definition) is 1. The first-order chi connectivity index (χ1) is 9.45. The molecule has 1 heterocycles. The molecule has 0 fully saturated rings. The predicted molar refractivity (Wildman–Crippen MR) is 76.8 cm³/mol. The van der Waals surface area contributed by atoms with E-state index in [2.05, 4.69) is 0 Å². The SMILES string of the molecule is CCCn1cccc1C(=O)N(CCN(C)C)CC(=O)O. The lowest BCUT2D eigenvalue weighted by Crippen LogP contribution is -2.40. The molecule has 0 aliphatic rings. The minimum absolute atomic E-state index is 0.229. The van der Waals surface area contributed by atoms with Crippen molar-refractivity contribution in [3.8, 4) is 0 Å². The Morgan fingerprint density at radius 3 is 2.55 bits per heavy atom. The minimum atomic E-state index is -0.995. The van der Waals surface area contributed by atoms with Crippen molar-refractivity contribution >= 4 is 11.9 Å². The number of nitrogens with zero attached hydrogens (tertiary/aromatic N) is 3. The molecule has 6 nitrogen and oxygen atoms in total. The van der Waals surface area contributed by atoms with Crippen molar-refractivity contribution < 1.29 is 14.7 Å². The zero-order chi connectivity index (χ0) is 15.1. The van der Waals surface area contributed by atoms with Gasteiger partial charge in [-0.1, -0.05) is 6.92 Å². The summed E-state index contributed by atoms with van der Waals surface area (Å²) in [7, 11) is 3.78. The Labute approximate surface area is 119 Å². The van der Waals surface area contributed by atoms with E-state index in [0.717, 1.165) is 13.0 Å². The molecule has 6 heteroatoms. The van der Waals surface area contributed by atoms with Gasteiger partial charge in [-0.15, -0.1) is 0 Å². The summed E-state index contributed by atoms with van der Waals surface area (Å²) in [6.45, 7) is 3.55. The van der Waals surface area contributed by atoms with E-state index in [4.69, 9.17) is 5.11 Å². The number of carboxylic acids is 1. The van der Waals surface area contributed by atoms with E-state index in [1.807, 2.05) is 42.7 Å². The molecule has 0 aliphatic carbocycles. The van der Waals surface area contributed by atoms with Crippen LogP contribution in [0.3, 0.4) is 0 Å². The highest BCUT2D eigenvalue weighted by Gasteiger charge is 2.20. The number of likely N-dealkylation sites (N-methyl/N-ethyl adjacent to an activating group) is 1. The molecule has 0 unspecified atom stereocenters. The van der Waals surface area contributed by atoms with Crippen molar-refractivity contribution in [3.63, 3.8) is 0 Å². The average Bonchev–Trinajstić information content (AvgIpc) is 2.81. The molecule has 0 radical (unpaired) electrons. The Bertz CT molecular complexity index is 454. The second-order valence-electron chi connectivity index (χ2n) is 5.01. The van der Waals surface area contributed by atoms with Crippen LogP contribution in [-0.2, 0) is 11.3 Å². The summed E-state index contributed by atoms with van der Waals surface area (Å²) in [5, 5.41) is 8.95. The van der Waals surface area contributed by atoms with Crippen molar-refractivity contribution in [1.29, 1.82) is 0 Å². The van der Waals surface area contributed by atoms with Crippen LogP contribution in [0.4, 0.5) is 0 Å². The topological polar surface area (TPSA) is 65.8 Å². The Balaban J connectivity index is 2.85. The van der Waals surface area contributed by atoms with E-state index in [0.29, 0.717) is 18.8 Å². The lowest BCUT2D eigenvalue weighted by molar-refractivity contribution is -0.137. The van der Waals surface area contributed by atoms with Crippen LogP contribution in [0.2, 0.25) is 0 Å². The zero-order valence-electron chi connectivity index (χ0n) is 12.4. The molecule has 0 aliphatic heterocycles. The lowest BCUT2D eigenvalue weighted by Gasteiger charge is -2.23. The highest BCUT2D eigenvalue weighted by molar-refractivity contribution is 5.94. The highest BCUT2D eigenvalue weighted by atomic mass is 16.4. The van der Waals surface area contributed by atoms with E-state index in [1.165, 1.54) is 4.90 Å². The molecule has 112 valence electrons. The Morgan fingerprint density at radius 1 is 1.30 bits per heavy atom. The van der Waals surface area contributed by atoms with Crippen molar-refractivity contribution in [2.24, 2.45) is 0 Å². The maximum absolute atomic E-state index is 12.5. The van der Waals surface area contributed by atoms with Crippen LogP contribution in [0.5, 0.6) is 0 Å². The Morgan fingerprint density at radius 2 is 2.00 bits per heavy atom. The fraction of sp³-hybridized carbons (Fsp3) is 0.571. The number of aryl methyl sites for hydroxylation is 1. The summed E-state index contributed by atoms with van der Waals surface area (Å²) in [6.07, 6.45) is 2.77. The summed E-state index contributed by atoms with van der Waals surface area (Å²) in [5.74, 6) is -1.22. The van der Waals surface area contributed by atoms with Gasteiger partial charge in [0.2, 0.25) is 0 Å². The van der Waals surface area contributed by atoms with E-state index in [1.54, 1.807) is 6.07 Å². The molecular weight excluding hydrogens is 258 g/mol. The van der Waals surface area contributed by atoms with Gasteiger partial charge in [0.25, 0.3) is 5.91 Å². The van der Waals surface area contributed by atoms with Crippen molar-refractivity contribution in [2.45, 2.75) is 19.9 Å². The standard InChI is InChI=1S/C14H23N3O3/c1-4-7-16-8-5-6-12(16)14(20)17(11-13(18)19)10-9-15(2)3/h5-6,8H,4,7,9-11H2,1-3H3,(H,18,19).